The maximum atomic E-state index is 12.1. The highest BCUT2D eigenvalue weighted by Crippen LogP contribution is 2.66. The molecule has 0 amide bonds. The highest BCUT2D eigenvalue weighted by Gasteiger charge is 2.43. The first kappa shape index (κ1) is 30.6. The molecule has 1 aromatic rings. The summed E-state index contributed by atoms with van der Waals surface area (Å²) in [4.78, 5) is 48.2. The number of rotatable bonds is 14. The van der Waals surface area contributed by atoms with Crippen molar-refractivity contribution in [3.63, 3.8) is 0 Å². The van der Waals surface area contributed by atoms with Gasteiger partial charge in [0.2, 0.25) is 0 Å². The molecule has 6 N–H and O–H groups in total. The lowest BCUT2D eigenvalue weighted by molar-refractivity contribution is -0.0526. The first-order valence-electron chi connectivity index (χ1n) is 9.19. The van der Waals surface area contributed by atoms with Crippen LogP contribution in [-0.2, 0) is 36.3 Å². The SMILES string of the molecule is C=Nc1c(C(N)=NC)ncn1[C@H]1C[C@H](OCSSC)[C@@H](COP(=O)(O)OP(=O)(O)OP(=O)(O)O)O1. The van der Waals surface area contributed by atoms with Gasteiger partial charge in [0.15, 0.2) is 5.82 Å². The number of phosphoric ester groups is 1. The Kier molecular flexibility index (Phi) is 11.2. The van der Waals surface area contributed by atoms with Crippen molar-refractivity contribution in [1.82, 2.24) is 9.55 Å². The number of hydrogen-bond acceptors (Lipinski definition) is 13. The molecule has 2 unspecified atom stereocenters. The first-order valence-corrected chi connectivity index (χ1v) is 16.4. The summed E-state index contributed by atoms with van der Waals surface area (Å²) >= 11 is 0. The number of nitrogens with two attached hydrogens (primary N) is 1. The van der Waals surface area contributed by atoms with Gasteiger partial charge in [-0.25, -0.2) is 23.7 Å². The standard InChI is InChI=1S/C13H24N5O12P3S2/c1-15-12(14)11-13(16-2)18(6-17-11)10-4-8(26-7-35-34-3)9(28-10)5-27-32(22,23)30-33(24,25)29-31(19,20)21/h6,8-10H,2,4-5,7H2,1,3H3,(H2,14,15)(H,22,23)(H,24,25)(H2,19,20,21)/t8-,9+,10+/m0/s1. The largest absolute Gasteiger partial charge is 0.490 e. The second-order valence-electron chi connectivity index (χ2n) is 6.45. The summed E-state index contributed by atoms with van der Waals surface area (Å²) in [7, 11) is -12.2. The molecule has 1 fully saturated rings. The molecule has 0 aromatic carbocycles. The lowest BCUT2D eigenvalue weighted by Gasteiger charge is -2.21. The summed E-state index contributed by atoms with van der Waals surface area (Å²) in [5.41, 5.74) is 6.09. The molecule has 1 aliphatic heterocycles. The van der Waals surface area contributed by atoms with Crippen LogP contribution in [0.4, 0.5) is 5.82 Å². The zero-order chi connectivity index (χ0) is 26.4. The number of hydrogen-bond donors (Lipinski definition) is 5. The fraction of sp³-hybridized carbons (Fsp3) is 0.615. The van der Waals surface area contributed by atoms with Crippen molar-refractivity contribution in [3.05, 3.63) is 12.0 Å². The summed E-state index contributed by atoms with van der Waals surface area (Å²) < 4.78 is 59.6. The summed E-state index contributed by atoms with van der Waals surface area (Å²) in [6.45, 7) is 2.82. The van der Waals surface area contributed by atoms with Gasteiger partial charge in [-0.2, -0.15) is 8.62 Å². The highest BCUT2D eigenvalue weighted by molar-refractivity contribution is 8.76. The van der Waals surface area contributed by atoms with Crippen LogP contribution in [0, 0.1) is 0 Å². The van der Waals surface area contributed by atoms with Gasteiger partial charge in [0.1, 0.15) is 29.8 Å². The lowest BCUT2D eigenvalue weighted by Crippen LogP contribution is -2.28. The minimum atomic E-state index is -5.65. The van der Waals surface area contributed by atoms with Crippen LogP contribution in [0.3, 0.4) is 0 Å². The van der Waals surface area contributed by atoms with Gasteiger partial charge in [-0.3, -0.25) is 14.1 Å². The molecule has 35 heavy (non-hydrogen) atoms. The average molecular weight is 599 g/mol. The van der Waals surface area contributed by atoms with Crippen LogP contribution in [0.15, 0.2) is 16.3 Å². The van der Waals surface area contributed by atoms with Crippen molar-refractivity contribution in [1.29, 1.82) is 0 Å². The molecule has 2 rings (SSSR count). The number of aliphatic imine (C=N–C) groups is 2. The van der Waals surface area contributed by atoms with E-state index in [2.05, 4.69) is 30.3 Å². The average Bonchev–Trinajstić information content (AvgIpc) is 3.33. The molecule has 0 saturated carbocycles. The maximum Gasteiger partial charge on any atom is 0.490 e. The third-order valence-electron chi connectivity index (χ3n) is 4.16. The van der Waals surface area contributed by atoms with Crippen LogP contribution in [0.1, 0.15) is 18.3 Å². The van der Waals surface area contributed by atoms with Crippen LogP contribution in [0.25, 0.3) is 0 Å². The van der Waals surface area contributed by atoms with Crippen molar-refractivity contribution in [2.75, 3.05) is 25.8 Å². The van der Waals surface area contributed by atoms with Crippen molar-refractivity contribution >= 4 is 63.4 Å². The maximum absolute atomic E-state index is 12.1. The summed E-state index contributed by atoms with van der Waals surface area (Å²) in [6, 6.07) is 0. The zero-order valence-electron chi connectivity index (χ0n) is 18.2. The second-order valence-corrected chi connectivity index (χ2v) is 13.4. The Balaban J connectivity index is 2.17. The molecule has 1 aliphatic rings. The molecule has 17 nitrogen and oxygen atoms in total. The number of ether oxygens (including phenoxy) is 2. The molecule has 0 bridgehead atoms. The molecular formula is C13H24N5O12P3S2. The van der Waals surface area contributed by atoms with Gasteiger partial charge in [0.25, 0.3) is 0 Å². The molecule has 0 radical (unpaired) electrons. The van der Waals surface area contributed by atoms with E-state index >= 15 is 0 Å². The van der Waals surface area contributed by atoms with Gasteiger partial charge < -0.3 is 34.8 Å². The van der Waals surface area contributed by atoms with E-state index < -0.39 is 48.5 Å². The first-order chi connectivity index (χ1) is 16.2. The number of amidine groups is 1. The summed E-state index contributed by atoms with van der Waals surface area (Å²) in [5.74, 6) is 0.589. The zero-order valence-corrected chi connectivity index (χ0v) is 22.5. The van der Waals surface area contributed by atoms with Gasteiger partial charge in [0, 0.05) is 13.5 Å². The third kappa shape index (κ3) is 9.32. The molecule has 5 atom stereocenters. The molecule has 1 saturated heterocycles. The Morgan fingerprint density at radius 2 is 2.00 bits per heavy atom. The normalized spacial score (nSPS) is 24.7. The number of aromatic nitrogens is 2. The molecule has 22 heteroatoms. The lowest BCUT2D eigenvalue weighted by atomic mass is 10.2. The van der Waals surface area contributed by atoms with Gasteiger partial charge >= 0.3 is 23.5 Å². The van der Waals surface area contributed by atoms with Gasteiger partial charge in [0.05, 0.1) is 19.0 Å². The van der Waals surface area contributed by atoms with Crippen LogP contribution in [0.2, 0.25) is 0 Å². The van der Waals surface area contributed by atoms with Gasteiger partial charge in [-0.05, 0) is 13.0 Å². The number of nitrogens with zero attached hydrogens (tertiary/aromatic N) is 4. The fourth-order valence-corrected chi connectivity index (χ4v) is 6.65. The van der Waals surface area contributed by atoms with E-state index in [4.69, 9.17) is 29.5 Å². The monoisotopic (exact) mass is 599 g/mol. The van der Waals surface area contributed by atoms with Crippen LogP contribution >= 0.6 is 45.1 Å². The van der Waals surface area contributed by atoms with E-state index in [1.54, 1.807) is 0 Å². The predicted octanol–water partition coefficient (Wildman–Crippen LogP) is 1.54. The number of phosphoric acid groups is 3. The van der Waals surface area contributed by atoms with Crippen molar-refractivity contribution < 1.29 is 55.9 Å². The summed E-state index contributed by atoms with van der Waals surface area (Å²) in [6.07, 6.45) is 1.01. The predicted molar refractivity (Wildman–Crippen MR) is 127 cm³/mol. The fourth-order valence-electron chi connectivity index (χ4n) is 2.84. The molecule has 200 valence electrons. The second kappa shape index (κ2) is 12.8. The Morgan fingerprint density at radius 1 is 1.31 bits per heavy atom. The minimum absolute atomic E-state index is 0.109. The number of imidazole rings is 1. The van der Waals surface area contributed by atoms with E-state index in [1.165, 1.54) is 39.5 Å². The molecule has 0 spiro atoms. The smallest absolute Gasteiger partial charge is 0.382 e. The van der Waals surface area contributed by atoms with Gasteiger partial charge in [-0.1, -0.05) is 21.6 Å². The van der Waals surface area contributed by atoms with Crippen molar-refractivity contribution in [2.45, 2.75) is 24.9 Å². The van der Waals surface area contributed by atoms with Gasteiger partial charge in [-0.15, -0.1) is 0 Å². The van der Waals surface area contributed by atoms with Crippen molar-refractivity contribution in [3.8, 4) is 0 Å². The summed E-state index contributed by atoms with van der Waals surface area (Å²) in [5, 5.41) is 0. The van der Waals surface area contributed by atoms with Crippen LogP contribution in [-0.4, -0.2) is 79.7 Å². The van der Waals surface area contributed by atoms with E-state index in [1.807, 2.05) is 6.26 Å². The van der Waals surface area contributed by atoms with E-state index in [-0.39, 0.29) is 29.7 Å². The molecular weight excluding hydrogens is 575 g/mol. The van der Waals surface area contributed by atoms with Crippen LogP contribution < -0.4 is 5.73 Å². The molecule has 0 aliphatic carbocycles. The van der Waals surface area contributed by atoms with E-state index in [9.17, 15) is 23.5 Å². The Hall–Kier alpha value is -0.620. The Labute approximate surface area is 207 Å². The van der Waals surface area contributed by atoms with Crippen LogP contribution in [0.5, 0.6) is 0 Å². The van der Waals surface area contributed by atoms with E-state index in [0.717, 1.165) is 0 Å². The highest BCUT2D eigenvalue weighted by atomic mass is 33.1. The van der Waals surface area contributed by atoms with Crippen molar-refractivity contribution in [2.24, 2.45) is 15.7 Å². The Morgan fingerprint density at radius 3 is 2.57 bits per heavy atom. The molecule has 2 heterocycles. The third-order valence-corrected chi connectivity index (χ3v) is 9.42. The molecule has 1 aromatic heterocycles. The topological polar surface area (TPSA) is 247 Å². The Bertz CT molecular complexity index is 1070. The van der Waals surface area contributed by atoms with E-state index in [0.29, 0.717) is 0 Å². The minimum Gasteiger partial charge on any atom is -0.382 e. The quantitative estimate of drug-likeness (QED) is 0.0508.